The Morgan fingerprint density at radius 1 is 1.11 bits per heavy atom. The Kier molecular flexibility index (Phi) is 4.53. The van der Waals surface area contributed by atoms with Gasteiger partial charge in [-0.3, -0.25) is 4.79 Å². The number of aryl methyl sites for hydroxylation is 1. The average Bonchev–Trinajstić information content (AvgIpc) is 3.03. The normalized spacial score (nSPS) is 10.7. The zero-order valence-corrected chi connectivity index (χ0v) is 14.7. The third-order valence-corrected chi connectivity index (χ3v) is 4.12. The van der Waals surface area contributed by atoms with Gasteiger partial charge in [-0.1, -0.05) is 30.3 Å². The second-order valence-corrected chi connectivity index (χ2v) is 6.03. The molecule has 2 heterocycles. The van der Waals surface area contributed by atoms with Crippen LogP contribution in [0.3, 0.4) is 0 Å². The molecule has 4 aromatic rings. The van der Waals surface area contributed by atoms with Crippen molar-refractivity contribution in [2.24, 2.45) is 0 Å². The van der Waals surface area contributed by atoms with E-state index in [9.17, 15) is 4.79 Å². The summed E-state index contributed by atoms with van der Waals surface area (Å²) in [6.07, 6.45) is 1.55. The van der Waals surface area contributed by atoms with E-state index in [1.54, 1.807) is 25.3 Å². The molecule has 1 N–H and O–H groups in total. The van der Waals surface area contributed by atoms with Crippen molar-refractivity contribution in [1.29, 1.82) is 0 Å². The molecule has 0 fully saturated rings. The molecule has 0 aliphatic heterocycles. The zero-order valence-electron chi connectivity index (χ0n) is 14.7. The van der Waals surface area contributed by atoms with Crippen molar-refractivity contribution < 1.29 is 13.9 Å². The molecular formula is C21H17N3O3. The highest BCUT2D eigenvalue weighted by Crippen LogP contribution is 2.30. The van der Waals surface area contributed by atoms with Gasteiger partial charge >= 0.3 is 0 Å². The van der Waals surface area contributed by atoms with Gasteiger partial charge in [-0.05, 0) is 42.8 Å². The number of rotatable bonds is 5. The summed E-state index contributed by atoms with van der Waals surface area (Å²) >= 11 is 0. The highest BCUT2D eigenvalue weighted by atomic mass is 16.5. The highest BCUT2D eigenvalue weighted by Gasteiger charge is 2.19. The molecule has 2 aromatic heterocycles. The van der Waals surface area contributed by atoms with Crippen LogP contribution in [0.2, 0.25) is 0 Å². The fourth-order valence-electron chi connectivity index (χ4n) is 2.86. The van der Waals surface area contributed by atoms with Crippen molar-refractivity contribution in [1.82, 2.24) is 10.2 Å². The number of nitrogens with one attached hydrogen (secondary N) is 1. The quantitative estimate of drug-likeness (QED) is 0.573. The first-order valence-electron chi connectivity index (χ1n) is 8.49. The van der Waals surface area contributed by atoms with Gasteiger partial charge in [0.15, 0.2) is 5.82 Å². The van der Waals surface area contributed by atoms with Crippen LogP contribution in [0.15, 0.2) is 71.3 Å². The number of amides is 1. The van der Waals surface area contributed by atoms with E-state index in [1.807, 2.05) is 48.5 Å². The van der Waals surface area contributed by atoms with Crippen LogP contribution in [-0.2, 0) is 6.61 Å². The largest absolute Gasteiger partial charge is 0.489 e. The van der Waals surface area contributed by atoms with Gasteiger partial charge in [0.1, 0.15) is 23.7 Å². The second-order valence-electron chi connectivity index (χ2n) is 6.03. The van der Waals surface area contributed by atoms with Gasteiger partial charge in [0.2, 0.25) is 0 Å². The van der Waals surface area contributed by atoms with Crippen LogP contribution in [0.1, 0.15) is 21.7 Å². The highest BCUT2D eigenvalue weighted by molar-refractivity contribution is 6.13. The fourth-order valence-corrected chi connectivity index (χ4v) is 2.86. The fraction of sp³-hybridized carbons (Fsp3) is 0.0952. The number of anilines is 1. The van der Waals surface area contributed by atoms with E-state index in [4.69, 9.17) is 9.15 Å². The molecule has 1 amide bonds. The summed E-state index contributed by atoms with van der Waals surface area (Å²) < 4.78 is 11.6. The number of ether oxygens (including phenoxy) is 1. The summed E-state index contributed by atoms with van der Waals surface area (Å²) in [4.78, 5) is 12.7. The van der Waals surface area contributed by atoms with Gasteiger partial charge in [-0.25, -0.2) is 0 Å². The van der Waals surface area contributed by atoms with Gasteiger partial charge in [0, 0.05) is 11.6 Å². The van der Waals surface area contributed by atoms with Crippen LogP contribution in [0.25, 0.3) is 11.0 Å². The van der Waals surface area contributed by atoms with E-state index in [0.717, 1.165) is 5.56 Å². The number of fused-ring (bicyclic) bond motifs is 1. The molecule has 0 aliphatic carbocycles. The van der Waals surface area contributed by atoms with E-state index < -0.39 is 0 Å². The maximum Gasteiger partial charge on any atom is 0.261 e. The molecule has 0 saturated heterocycles. The van der Waals surface area contributed by atoms with Crippen molar-refractivity contribution in [3.63, 3.8) is 0 Å². The first kappa shape index (κ1) is 16.8. The Labute approximate surface area is 155 Å². The van der Waals surface area contributed by atoms with Gasteiger partial charge in [-0.15, -0.1) is 5.10 Å². The SMILES string of the molecule is Cc1oc2ccc(OCc3ccccc3)cc2c1C(=O)Nc1cccnn1. The Bertz CT molecular complexity index is 1080. The molecule has 0 atom stereocenters. The van der Waals surface area contributed by atoms with E-state index in [2.05, 4.69) is 15.5 Å². The number of furan rings is 1. The lowest BCUT2D eigenvalue weighted by Gasteiger charge is -2.07. The molecule has 0 bridgehead atoms. The lowest BCUT2D eigenvalue weighted by molar-refractivity contribution is 0.102. The van der Waals surface area contributed by atoms with Crippen LogP contribution in [0, 0.1) is 6.92 Å². The molecule has 0 aliphatic rings. The maximum absolute atomic E-state index is 12.7. The molecule has 0 spiro atoms. The molecule has 0 radical (unpaired) electrons. The van der Waals surface area contributed by atoms with Crippen LogP contribution >= 0.6 is 0 Å². The molecule has 6 nitrogen and oxygen atoms in total. The molecule has 27 heavy (non-hydrogen) atoms. The molecule has 0 saturated carbocycles. The Hall–Kier alpha value is -3.67. The summed E-state index contributed by atoms with van der Waals surface area (Å²) in [7, 11) is 0. The summed E-state index contributed by atoms with van der Waals surface area (Å²) in [5, 5.41) is 11.1. The summed E-state index contributed by atoms with van der Waals surface area (Å²) in [6, 6.07) is 18.7. The Balaban J connectivity index is 1.60. The first-order valence-corrected chi connectivity index (χ1v) is 8.49. The Morgan fingerprint density at radius 2 is 1.96 bits per heavy atom. The molecule has 6 heteroatoms. The number of benzene rings is 2. The van der Waals surface area contributed by atoms with Gasteiger partial charge < -0.3 is 14.5 Å². The zero-order chi connectivity index (χ0) is 18.6. The minimum Gasteiger partial charge on any atom is -0.489 e. The maximum atomic E-state index is 12.7. The van der Waals surface area contributed by atoms with E-state index in [1.165, 1.54) is 0 Å². The number of hydrogen-bond acceptors (Lipinski definition) is 5. The third-order valence-electron chi connectivity index (χ3n) is 4.12. The predicted molar refractivity (Wildman–Crippen MR) is 102 cm³/mol. The smallest absolute Gasteiger partial charge is 0.261 e. The summed E-state index contributed by atoms with van der Waals surface area (Å²) in [5.41, 5.74) is 2.16. The van der Waals surface area contributed by atoms with E-state index in [-0.39, 0.29) is 5.91 Å². The van der Waals surface area contributed by atoms with Gasteiger partial charge in [0.25, 0.3) is 5.91 Å². The minimum atomic E-state index is -0.299. The molecule has 134 valence electrons. The van der Waals surface area contributed by atoms with Crippen molar-refractivity contribution in [3.8, 4) is 5.75 Å². The van der Waals surface area contributed by atoms with Gasteiger partial charge in [-0.2, -0.15) is 5.10 Å². The first-order chi connectivity index (χ1) is 13.2. The van der Waals surface area contributed by atoms with Crippen LogP contribution in [0.4, 0.5) is 5.82 Å². The number of nitrogens with zero attached hydrogens (tertiary/aromatic N) is 2. The van der Waals surface area contributed by atoms with Crippen molar-refractivity contribution in [2.75, 3.05) is 5.32 Å². The molecular weight excluding hydrogens is 342 g/mol. The van der Waals surface area contributed by atoms with Crippen molar-refractivity contribution in [3.05, 3.63) is 83.7 Å². The lowest BCUT2D eigenvalue weighted by Crippen LogP contribution is -2.13. The molecule has 0 unspecified atom stereocenters. The summed E-state index contributed by atoms with van der Waals surface area (Å²) in [5.74, 6) is 1.28. The standard InChI is InChI=1S/C21H17N3O3/c1-14-20(21(25)23-19-8-5-11-22-24-19)17-12-16(9-10-18(17)27-14)26-13-15-6-3-2-4-7-15/h2-12H,13H2,1H3,(H,23,24,25). The number of carbonyl (C=O) groups excluding carboxylic acids is 1. The van der Waals surface area contributed by atoms with Crippen LogP contribution in [0.5, 0.6) is 5.75 Å². The van der Waals surface area contributed by atoms with Gasteiger partial charge in [0.05, 0.1) is 5.56 Å². The lowest BCUT2D eigenvalue weighted by atomic mass is 10.1. The number of hydrogen-bond donors (Lipinski definition) is 1. The van der Waals surface area contributed by atoms with Crippen molar-refractivity contribution in [2.45, 2.75) is 13.5 Å². The minimum absolute atomic E-state index is 0.299. The number of aromatic nitrogens is 2. The van der Waals surface area contributed by atoms with E-state index in [0.29, 0.717) is 40.5 Å². The molecule has 2 aromatic carbocycles. The Morgan fingerprint density at radius 3 is 2.74 bits per heavy atom. The van der Waals surface area contributed by atoms with Crippen molar-refractivity contribution >= 4 is 22.7 Å². The monoisotopic (exact) mass is 359 g/mol. The van der Waals surface area contributed by atoms with Crippen LogP contribution < -0.4 is 10.1 Å². The topological polar surface area (TPSA) is 77.2 Å². The van der Waals surface area contributed by atoms with Crippen LogP contribution in [-0.4, -0.2) is 16.1 Å². The predicted octanol–water partition coefficient (Wildman–Crippen LogP) is 4.36. The molecule has 4 rings (SSSR count). The third kappa shape index (κ3) is 3.64. The second kappa shape index (κ2) is 7.29. The number of carbonyl (C=O) groups is 1. The average molecular weight is 359 g/mol. The van der Waals surface area contributed by atoms with E-state index >= 15 is 0 Å². The summed E-state index contributed by atoms with van der Waals surface area (Å²) in [6.45, 7) is 2.21.